The second-order valence-corrected chi connectivity index (χ2v) is 4.36. The van der Waals surface area contributed by atoms with E-state index in [0.29, 0.717) is 11.7 Å². The Labute approximate surface area is 115 Å². The van der Waals surface area contributed by atoms with Crippen molar-refractivity contribution in [1.29, 1.82) is 0 Å². The van der Waals surface area contributed by atoms with E-state index in [-0.39, 0.29) is 29.6 Å². The summed E-state index contributed by atoms with van der Waals surface area (Å²) in [6, 6.07) is 0. The van der Waals surface area contributed by atoms with Crippen LogP contribution in [0.3, 0.4) is 0 Å². The number of carbonyl (C=O) groups excluding carboxylic acids is 2. The zero-order valence-electron chi connectivity index (χ0n) is 10.8. The predicted molar refractivity (Wildman–Crippen MR) is 71.8 cm³/mol. The molecule has 19 heavy (non-hydrogen) atoms. The fraction of sp³-hybridized carbons (Fsp3) is 0.455. The predicted octanol–water partition coefficient (Wildman–Crippen LogP) is 0.464. The van der Waals surface area contributed by atoms with E-state index in [2.05, 4.69) is 15.3 Å². The molecular weight excluding hydrogens is 268 g/mol. The molecule has 0 bridgehead atoms. The smallest absolute Gasteiger partial charge is 0.343 e. The molecule has 0 unspecified atom stereocenters. The molecule has 1 aromatic rings. The highest BCUT2D eigenvalue weighted by Gasteiger charge is 2.14. The summed E-state index contributed by atoms with van der Waals surface area (Å²) >= 11 is 1.15. The van der Waals surface area contributed by atoms with Gasteiger partial charge in [0, 0.05) is 12.7 Å². The summed E-state index contributed by atoms with van der Waals surface area (Å²) in [7, 11) is 0. The number of nitrogen functional groups attached to an aromatic ring is 1. The Morgan fingerprint density at radius 3 is 2.79 bits per heavy atom. The summed E-state index contributed by atoms with van der Waals surface area (Å²) < 4.78 is 4.81. The van der Waals surface area contributed by atoms with Crippen LogP contribution >= 0.6 is 11.8 Å². The lowest BCUT2D eigenvalue weighted by atomic mass is 10.3. The van der Waals surface area contributed by atoms with Gasteiger partial charge in [0.25, 0.3) is 0 Å². The maximum atomic E-state index is 11.5. The van der Waals surface area contributed by atoms with Crippen molar-refractivity contribution in [1.82, 2.24) is 15.3 Å². The average molecular weight is 284 g/mol. The quantitative estimate of drug-likeness (QED) is 0.444. The summed E-state index contributed by atoms with van der Waals surface area (Å²) in [4.78, 5) is 30.7. The van der Waals surface area contributed by atoms with Crippen molar-refractivity contribution >= 4 is 29.5 Å². The average Bonchev–Trinajstić information content (AvgIpc) is 2.37. The maximum Gasteiger partial charge on any atom is 0.343 e. The fourth-order valence-electron chi connectivity index (χ4n) is 1.19. The van der Waals surface area contributed by atoms with E-state index in [9.17, 15) is 9.59 Å². The molecule has 8 heteroatoms. The van der Waals surface area contributed by atoms with Crippen LogP contribution in [0.2, 0.25) is 0 Å². The van der Waals surface area contributed by atoms with Gasteiger partial charge in [-0.1, -0.05) is 11.8 Å². The van der Waals surface area contributed by atoms with Gasteiger partial charge in [0.05, 0.1) is 12.4 Å². The van der Waals surface area contributed by atoms with Crippen molar-refractivity contribution in [3.8, 4) is 0 Å². The molecule has 0 aliphatic heterocycles. The third-order valence-electron chi connectivity index (χ3n) is 2.00. The lowest BCUT2D eigenvalue weighted by Gasteiger charge is -2.06. The van der Waals surface area contributed by atoms with E-state index in [1.165, 1.54) is 6.20 Å². The molecule has 1 rings (SSSR count). The molecule has 1 amide bonds. The molecule has 104 valence electrons. The van der Waals surface area contributed by atoms with Crippen molar-refractivity contribution in [3.63, 3.8) is 0 Å². The Morgan fingerprint density at radius 2 is 2.21 bits per heavy atom. The highest BCUT2D eigenvalue weighted by atomic mass is 32.2. The summed E-state index contributed by atoms with van der Waals surface area (Å²) in [6.45, 7) is 4.37. The Balaban J connectivity index is 2.66. The van der Waals surface area contributed by atoms with Gasteiger partial charge in [-0.2, -0.15) is 0 Å². The number of anilines is 1. The number of nitrogens with zero attached hydrogens (tertiary/aromatic N) is 2. The van der Waals surface area contributed by atoms with E-state index >= 15 is 0 Å². The third-order valence-corrected chi connectivity index (χ3v) is 2.86. The first-order chi connectivity index (χ1) is 9.08. The van der Waals surface area contributed by atoms with Crippen molar-refractivity contribution in [2.75, 3.05) is 24.6 Å². The maximum absolute atomic E-state index is 11.5. The number of hydrogen-bond donors (Lipinski definition) is 2. The molecule has 0 fully saturated rings. The molecule has 3 N–H and O–H groups in total. The lowest BCUT2D eigenvalue weighted by molar-refractivity contribution is -0.118. The van der Waals surface area contributed by atoms with Gasteiger partial charge in [-0.15, -0.1) is 0 Å². The SMILES string of the molecule is CCNC(=O)CSc1ncc(C(=O)OCC)c(N)n1. The number of ether oxygens (including phenoxy) is 1. The van der Waals surface area contributed by atoms with Crippen molar-refractivity contribution < 1.29 is 14.3 Å². The van der Waals surface area contributed by atoms with E-state index in [1.807, 2.05) is 6.92 Å². The minimum absolute atomic E-state index is 0.0480. The minimum atomic E-state index is -0.555. The first kappa shape index (κ1) is 15.2. The number of esters is 1. The number of hydrogen-bond acceptors (Lipinski definition) is 7. The number of thioether (sulfide) groups is 1. The second kappa shape index (κ2) is 7.57. The molecule has 0 atom stereocenters. The number of nitrogens with two attached hydrogens (primary N) is 1. The third kappa shape index (κ3) is 4.74. The first-order valence-corrected chi connectivity index (χ1v) is 6.76. The first-order valence-electron chi connectivity index (χ1n) is 5.77. The second-order valence-electron chi connectivity index (χ2n) is 3.41. The zero-order valence-corrected chi connectivity index (χ0v) is 11.6. The Morgan fingerprint density at radius 1 is 1.47 bits per heavy atom. The van der Waals surface area contributed by atoms with Crippen molar-refractivity contribution in [2.45, 2.75) is 19.0 Å². The van der Waals surface area contributed by atoms with Gasteiger partial charge in [0.15, 0.2) is 5.16 Å². The molecule has 7 nitrogen and oxygen atoms in total. The van der Waals surface area contributed by atoms with Crippen LogP contribution in [0.25, 0.3) is 0 Å². The molecule has 1 heterocycles. The van der Waals surface area contributed by atoms with Gasteiger partial charge in [-0.05, 0) is 13.8 Å². The van der Waals surface area contributed by atoms with Gasteiger partial charge < -0.3 is 15.8 Å². The Hall–Kier alpha value is -1.83. The van der Waals surface area contributed by atoms with E-state index in [1.54, 1.807) is 6.92 Å². The summed E-state index contributed by atoms with van der Waals surface area (Å²) in [5, 5.41) is 3.00. The number of carbonyl (C=O) groups is 2. The van der Waals surface area contributed by atoms with E-state index in [4.69, 9.17) is 10.5 Å². The number of amides is 1. The largest absolute Gasteiger partial charge is 0.462 e. The van der Waals surface area contributed by atoms with Crippen molar-refractivity contribution in [3.05, 3.63) is 11.8 Å². The Kier molecular flexibility index (Phi) is 6.07. The number of nitrogens with one attached hydrogen (secondary N) is 1. The van der Waals surface area contributed by atoms with Crippen LogP contribution in [-0.2, 0) is 9.53 Å². The highest BCUT2D eigenvalue weighted by molar-refractivity contribution is 7.99. The molecule has 0 aliphatic carbocycles. The van der Waals surface area contributed by atoms with Crippen LogP contribution in [0, 0.1) is 0 Å². The van der Waals surface area contributed by atoms with Crippen molar-refractivity contribution in [2.24, 2.45) is 0 Å². The topological polar surface area (TPSA) is 107 Å². The molecule has 0 aliphatic rings. The van der Waals surface area contributed by atoms with E-state index < -0.39 is 5.97 Å². The molecule has 0 aromatic carbocycles. The minimum Gasteiger partial charge on any atom is -0.462 e. The fourth-order valence-corrected chi connectivity index (χ4v) is 1.84. The Bertz CT molecular complexity index is 467. The van der Waals surface area contributed by atoms with Crippen LogP contribution in [-0.4, -0.2) is 40.7 Å². The molecule has 0 spiro atoms. The van der Waals surface area contributed by atoms with Crippen LogP contribution in [0.4, 0.5) is 5.82 Å². The lowest BCUT2D eigenvalue weighted by Crippen LogP contribution is -2.24. The van der Waals surface area contributed by atoms with Crippen LogP contribution < -0.4 is 11.1 Å². The van der Waals surface area contributed by atoms with Gasteiger partial charge in [0.2, 0.25) is 5.91 Å². The van der Waals surface area contributed by atoms with Gasteiger partial charge in [0.1, 0.15) is 11.4 Å². The standard InChI is InChI=1S/C11H16N4O3S/c1-3-13-8(16)6-19-11-14-5-7(9(12)15-11)10(17)18-4-2/h5H,3-4,6H2,1-2H3,(H,13,16)(H2,12,14,15). The van der Waals surface area contributed by atoms with Gasteiger partial charge in [-0.3, -0.25) is 4.79 Å². The monoisotopic (exact) mass is 284 g/mol. The van der Waals surface area contributed by atoms with Gasteiger partial charge in [-0.25, -0.2) is 14.8 Å². The van der Waals surface area contributed by atoms with Crippen LogP contribution in [0.15, 0.2) is 11.4 Å². The molecular formula is C11H16N4O3S. The number of rotatable bonds is 6. The normalized spacial score (nSPS) is 10.0. The molecule has 0 saturated heterocycles. The molecule has 0 saturated carbocycles. The van der Waals surface area contributed by atoms with Gasteiger partial charge >= 0.3 is 5.97 Å². The highest BCUT2D eigenvalue weighted by Crippen LogP contribution is 2.16. The number of aromatic nitrogens is 2. The molecule has 1 aromatic heterocycles. The molecule has 0 radical (unpaired) electrons. The summed E-state index contributed by atoms with van der Waals surface area (Å²) in [5.41, 5.74) is 5.78. The van der Waals surface area contributed by atoms with E-state index in [0.717, 1.165) is 11.8 Å². The summed E-state index contributed by atoms with van der Waals surface area (Å²) in [5.74, 6) is -0.414. The van der Waals surface area contributed by atoms with Crippen LogP contribution in [0.1, 0.15) is 24.2 Å². The summed E-state index contributed by atoms with van der Waals surface area (Å²) in [6.07, 6.45) is 1.31. The zero-order chi connectivity index (χ0) is 14.3. The van der Waals surface area contributed by atoms with Crippen LogP contribution in [0.5, 0.6) is 0 Å².